The van der Waals surface area contributed by atoms with E-state index >= 15 is 0 Å². The van der Waals surface area contributed by atoms with Crippen molar-refractivity contribution in [2.45, 2.75) is 38.6 Å². The molecule has 3 heterocycles. The van der Waals surface area contributed by atoms with Gasteiger partial charge >= 0.3 is 5.97 Å². The maximum Gasteiger partial charge on any atom is 0.375 e. The number of nitrogens with zero attached hydrogens (tertiary/aromatic N) is 1. The molecule has 0 spiro atoms. The van der Waals surface area contributed by atoms with Gasteiger partial charge in [-0.2, -0.15) is 0 Å². The zero-order valence-electron chi connectivity index (χ0n) is 15.8. The number of esters is 1. The topological polar surface area (TPSA) is 137 Å². The average molecular weight is 411 g/mol. The number of H-pyrrole nitrogens is 1. The van der Waals surface area contributed by atoms with Crippen LogP contribution in [0, 0.1) is 16.2 Å². The summed E-state index contributed by atoms with van der Waals surface area (Å²) in [4.78, 5) is 16.0. The molecule has 1 aromatic carbocycles. The lowest BCUT2D eigenvalue weighted by Gasteiger charge is -2.29. The molecule has 0 saturated carbocycles. The summed E-state index contributed by atoms with van der Waals surface area (Å²) in [5.41, 5.74) is 5.02. The second kappa shape index (κ2) is 8.18. The minimum absolute atomic E-state index is 0.116. The van der Waals surface area contributed by atoms with Crippen molar-refractivity contribution in [1.82, 2.24) is 4.98 Å². The normalized spacial score (nSPS) is 21.5. The van der Waals surface area contributed by atoms with Crippen molar-refractivity contribution in [3.05, 3.63) is 35.5 Å². The summed E-state index contributed by atoms with van der Waals surface area (Å²) in [6.07, 6.45) is 4.18. The summed E-state index contributed by atoms with van der Waals surface area (Å²) in [6, 6.07) is 8.21. The highest BCUT2D eigenvalue weighted by atomic mass is 35.7. The molecule has 0 bridgehead atoms. The van der Waals surface area contributed by atoms with Crippen molar-refractivity contribution in [1.29, 1.82) is 0 Å². The minimum atomic E-state index is -4.94. The fourth-order valence-corrected chi connectivity index (χ4v) is 4.35. The number of aromatic nitrogens is 1. The monoisotopic (exact) mass is 410 g/mol. The highest BCUT2D eigenvalue weighted by Crippen LogP contribution is 2.34. The molecule has 2 aliphatic heterocycles. The van der Waals surface area contributed by atoms with Gasteiger partial charge in [-0.3, -0.25) is 0 Å². The van der Waals surface area contributed by atoms with Crippen LogP contribution in [0.4, 0.5) is 0 Å². The number of hydrogen-bond donors (Lipinski definition) is 1. The van der Waals surface area contributed by atoms with Gasteiger partial charge in [0.05, 0.1) is 7.11 Å². The molecule has 0 radical (unpaired) electrons. The molecule has 28 heavy (non-hydrogen) atoms. The third-order valence-corrected chi connectivity index (χ3v) is 5.46. The van der Waals surface area contributed by atoms with Crippen molar-refractivity contribution in [2.75, 3.05) is 13.7 Å². The zero-order chi connectivity index (χ0) is 20.5. The van der Waals surface area contributed by atoms with Crippen LogP contribution in [0.3, 0.4) is 0 Å². The number of benzene rings is 1. The van der Waals surface area contributed by atoms with Crippen LogP contribution in [0.1, 0.15) is 37.4 Å². The Kier molecular flexibility index (Phi) is 6.07. The summed E-state index contributed by atoms with van der Waals surface area (Å²) in [6.45, 7) is 3.19. The molecule has 0 aliphatic carbocycles. The maximum atomic E-state index is 12.4. The van der Waals surface area contributed by atoms with Gasteiger partial charge in [0.1, 0.15) is 12.2 Å². The standard InChI is InChI=1S/C19H22N2O2.ClHO4/c1-3-12-7-6-10-21-16(19(22)23-2)11-14-13-8-4-5-9-15(13)20-17(14)18(12)21;2-1(3,4)5/h4-5,8-9,12,16H,3,6-7,10-11H2,1-2H3;(H,2,3,4,5)/t12?,16-;/m0./s1. The van der Waals surface area contributed by atoms with E-state index in [-0.39, 0.29) is 12.0 Å². The smallest absolute Gasteiger partial charge is 0.375 e. The van der Waals surface area contributed by atoms with E-state index in [4.69, 9.17) is 23.4 Å². The van der Waals surface area contributed by atoms with Crippen molar-refractivity contribution in [3.8, 4) is 0 Å². The molecule has 2 aromatic rings. The second-order valence-electron chi connectivity index (χ2n) is 6.97. The first kappa shape index (κ1) is 20.8. The predicted octanol–water partition coefficient (Wildman–Crippen LogP) is -1.87. The molecule has 2 aliphatic rings. The van der Waals surface area contributed by atoms with Crippen LogP contribution in [0.15, 0.2) is 24.3 Å². The highest BCUT2D eigenvalue weighted by Gasteiger charge is 2.45. The summed E-state index contributed by atoms with van der Waals surface area (Å²) < 4.78 is 41.4. The fourth-order valence-electron chi connectivity index (χ4n) is 4.35. The highest BCUT2D eigenvalue weighted by molar-refractivity contribution is 6.05. The fraction of sp³-hybridized carbons (Fsp3) is 0.474. The van der Waals surface area contributed by atoms with Gasteiger partial charge in [-0.1, -0.05) is 25.1 Å². The van der Waals surface area contributed by atoms with E-state index in [1.165, 1.54) is 35.9 Å². The number of nitrogens with one attached hydrogen (secondary N) is 1. The lowest BCUT2D eigenvalue weighted by Crippen LogP contribution is -2.68. The SMILES string of the molecule is CCC1CCC[N+]2=C1c1[nH]c3ccccc3c1C[C@H]2C(=O)OC.[O-][Cl+3]([O-])([O-])[O-]. The molecule has 4 rings (SSSR count). The summed E-state index contributed by atoms with van der Waals surface area (Å²) >= 11 is 0. The van der Waals surface area contributed by atoms with Gasteiger partial charge < -0.3 is 9.72 Å². The van der Waals surface area contributed by atoms with Crippen molar-refractivity contribution >= 4 is 22.6 Å². The molecular weight excluding hydrogens is 388 g/mol. The van der Waals surface area contributed by atoms with E-state index in [1.807, 2.05) is 0 Å². The van der Waals surface area contributed by atoms with E-state index in [0.717, 1.165) is 31.3 Å². The van der Waals surface area contributed by atoms with Gasteiger partial charge in [-0.25, -0.2) is 28.0 Å². The lowest BCUT2D eigenvalue weighted by atomic mass is 9.83. The molecule has 0 saturated heterocycles. The number of carbonyl (C=O) groups excluding carboxylic acids is 1. The first-order chi connectivity index (χ1) is 13.2. The van der Waals surface area contributed by atoms with E-state index in [1.54, 1.807) is 0 Å². The molecule has 1 N–H and O–H groups in total. The molecule has 2 atom stereocenters. The largest absolute Gasteiger partial charge is 0.464 e. The van der Waals surface area contributed by atoms with Gasteiger partial charge in [0.2, 0.25) is 5.71 Å². The molecule has 0 amide bonds. The Bertz CT molecular complexity index is 895. The average Bonchev–Trinajstić information content (AvgIpc) is 3.03. The van der Waals surface area contributed by atoms with Gasteiger partial charge in [0.25, 0.3) is 6.04 Å². The van der Waals surface area contributed by atoms with Gasteiger partial charge in [-0.05, 0) is 24.5 Å². The van der Waals surface area contributed by atoms with Crippen LogP contribution in [-0.2, 0) is 16.0 Å². The molecule has 8 nitrogen and oxygen atoms in total. The number of halogens is 1. The van der Waals surface area contributed by atoms with Gasteiger partial charge in [0.15, 0.2) is 0 Å². The maximum absolute atomic E-state index is 12.4. The Labute approximate surface area is 164 Å². The molecule has 1 aromatic heterocycles. The Balaban J connectivity index is 0.000000403. The van der Waals surface area contributed by atoms with Crippen LogP contribution < -0.4 is 18.6 Å². The van der Waals surface area contributed by atoms with Gasteiger partial charge in [0, 0.05) is 29.7 Å². The number of ether oxygens (including phenoxy) is 1. The summed E-state index contributed by atoms with van der Waals surface area (Å²) in [7, 11) is -3.45. The van der Waals surface area contributed by atoms with Crippen LogP contribution in [0.2, 0.25) is 0 Å². The third kappa shape index (κ3) is 4.21. The quantitative estimate of drug-likeness (QED) is 0.455. The minimum Gasteiger partial charge on any atom is -0.464 e. The Hall–Kier alpha value is -1.97. The Morgan fingerprint density at radius 2 is 1.96 bits per heavy atom. The van der Waals surface area contributed by atoms with Crippen molar-refractivity contribution in [2.24, 2.45) is 5.92 Å². The molecular formula is C19H23ClN2O6. The van der Waals surface area contributed by atoms with E-state index in [0.29, 0.717) is 5.92 Å². The first-order valence-electron chi connectivity index (χ1n) is 9.17. The molecule has 152 valence electrons. The number of methoxy groups -OCH3 is 1. The van der Waals surface area contributed by atoms with Crippen molar-refractivity contribution < 1.29 is 43.0 Å². The lowest BCUT2D eigenvalue weighted by molar-refractivity contribution is -2.00. The summed E-state index contributed by atoms with van der Waals surface area (Å²) in [5.74, 6) is 0.401. The first-order valence-corrected chi connectivity index (χ1v) is 10.4. The predicted molar refractivity (Wildman–Crippen MR) is 90.1 cm³/mol. The molecule has 0 fully saturated rings. The molecule has 9 heteroatoms. The second-order valence-corrected chi connectivity index (χ2v) is 7.73. The van der Waals surface area contributed by atoms with Crippen LogP contribution in [-0.4, -0.2) is 40.9 Å². The number of hydrogen-bond acceptors (Lipinski definition) is 6. The van der Waals surface area contributed by atoms with Crippen LogP contribution >= 0.6 is 0 Å². The number of fused-ring (bicyclic) bond motifs is 4. The van der Waals surface area contributed by atoms with Crippen molar-refractivity contribution in [3.63, 3.8) is 0 Å². The third-order valence-electron chi connectivity index (χ3n) is 5.46. The number of aromatic amines is 1. The Morgan fingerprint density at radius 3 is 2.61 bits per heavy atom. The van der Waals surface area contributed by atoms with E-state index in [2.05, 4.69) is 40.7 Å². The Morgan fingerprint density at radius 1 is 1.29 bits per heavy atom. The van der Waals surface area contributed by atoms with E-state index < -0.39 is 10.2 Å². The van der Waals surface area contributed by atoms with E-state index in [9.17, 15) is 4.79 Å². The van der Waals surface area contributed by atoms with Gasteiger partial charge in [-0.15, -0.1) is 10.2 Å². The molecule has 1 unspecified atom stereocenters. The number of rotatable bonds is 2. The number of carbonyl (C=O) groups is 1. The van der Waals surface area contributed by atoms with Crippen LogP contribution in [0.5, 0.6) is 0 Å². The number of para-hydroxylation sites is 1. The van der Waals surface area contributed by atoms with Crippen LogP contribution in [0.25, 0.3) is 10.9 Å². The summed E-state index contributed by atoms with van der Waals surface area (Å²) in [5, 5.41) is 1.24. The zero-order valence-corrected chi connectivity index (χ0v) is 16.5.